The number of methoxy groups -OCH3 is 1. The van der Waals surface area contributed by atoms with Crippen LogP contribution in [0.1, 0.15) is 0 Å². The first kappa shape index (κ1) is 13.4. The fraction of sp³-hybridized carbons (Fsp3) is 0.0667. The van der Waals surface area contributed by atoms with E-state index in [1.807, 2.05) is 36.4 Å². The van der Waals surface area contributed by atoms with Gasteiger partial charge < -0.3 is 4.74 Å². The minimum absolute atomic E-state index is 0.744. The summed E-state index contributed by atoms with van der Waals surface area (Å²) in [5.74, 6) is 0.744. The van der Waals surface area contributed by atoms with Crippen molar-refractivity contribution in [2.75, 3.05) is 7.11 Å². The molecule has 0 aliphatic carbocycles. The molecule has 20 heavy (non-hydrogen) atoms. The van der Waals surface area contributed by atoms with E-state index in [1.165, 1.54) is 0 Å². The van der Waals surface area contributed by atoms with Crippen LogP contribution in [0.3, 0.4) is 0 Å². The van der Waals surface area contributed by atoms with Gasteiger partial charge in [-0.2, -0.15) is 0 Å². The lowest BCUT2D eigenvalue weighted by Gasteiger charge is -2.07. The molecule has 0 atom stereocenters. The first-order chi connectivity index (χ1) is 9.67. The molecule has 0 amide bonds. The SMILES string of the molecule is COc1ccc(-c2cnc3ccc(Br)cc3n2)cc1S. The molecule has 0 saturated carbocycles. The van der Waals surface area contributed by atoms with Crippen molar-refractivity contribution >= 4 is 39.6 Å². The molecule has 1 heterocycles. The van der Waals surface area contributed by atoms with Crippen LogP contribution in [0.5, 0.6) is 5.75 Å². The number of aromatic nitrogens is 2. The molecule has 0 radical (unpaired) electrons. The molecule has 0 spiro atoms. The van der Waals surface area contributed by atoms with E-state index in [9.17, 15) is 0 Å². The molecule has 0 unspecified atom stereocenters. The zero-order chi connectivity index (χ0) is 14.1. The number of hydrogen-bond donors (Lipinski definition) is 1. The number of nitrogens with zero attached hydrogens (tertiary/aromatic N) is 2. The third kappa shape index (κ3) is 2.51. The smallest absolute Gasteiger partial charge is 0.132 e. The van der Waals surface area contributed by atoms with E-state index < -0.39 is 0 Å². The maximum absolute atomic E-state index is 5.20. The molecule has 3 rings (SSSR count). The van der Waals surface area contributed by atoms with Crippen molar-refractivity contribution in [2.45, 2.75) is 4.90 Å². The first-order valence-corrected chi connectivity index (χ1v) is 7.21. The summed E-state index contributed by atoms with van der Waals surface area (Å²) in [6.45, 7) is 0. The van der Waals surface area contributed by atoms with Crippen molar-refractivity contribution in [2.24, 2.45) is 0 Å². The van der Waals surface area contributed by atoms with Crippen LogP contribution in [0.4, 0.5) is 0 Å². The van der Waals surface area contributed by atoms with Crippen LogP contribution in [0, 0.1) is 0 Å². The molecular formula is C15H11BrN2OS. The molecule has 0 bridgehead atoms. The van der Waals surface area contributed by atoms with E-state index in [-0.39, 0.29) is 0 Å². The van der Waals surface area contributed by atoms with Crippen LogP contribution in [0.25, 0.3) is 22.3 Å². The molecule has 0 saturated heterocycles. The highest BCUT2D eigenvalue weighted by Gasteiger charge is 2.06. The van der Waals surface area contributed by atoms with Crippen LogP contribution in [0.2, 0.25) is 0 Å². The number of hydrogen-bond acceptors (Lipinski definition) is 4. The molecule has 0 aliphatic rings. The Morgan fingerprint density at radius 1 is 1.10 bits per heavy atom. The van der Waals surface area contributed by atoms with Gasteiger partial charge in [0.25, 0.3) is 0 Å². The van der Waals surface area contributed by atoms with Gasteiger partial charge in [-0.1, -0.05) is 15.9 Å². The summed E-state index contributed by atoms with van der Waals surface area (Å²) in [5, 5.41) is 0. The minimum atomic E-state index is 0.744. The van der Waals surface area contributed by atoms with Gasteiger partial charge in [0.15, 0.2) is 0 Å². The maximum atomic E-state index is 5.20. The Labute approximate surface area is 130 Å². The van der Waals surface area contributed by atoms with Crippen LogP contribution in [-0.2, 0) is 0 Å². The Hall–Kier alpha value is -1.59. The van der Waals surface area contributed by atoms with Gasteiger partial charge in [-0.15, -0.1) is 12.6 Å². The van der Waals surface area contributed by atoms with Gasteiger partial charge in [0, 0.05) is 14.9 Å². The predicted molar refractivity (Wildman–Crippen MR) is 86.5 cm³/mol. The van der Waals surface area contributed by atoms with E-state index in [1.54, 1.807) is 13.3 Å². The van der Waals surface area contributed by atoms with Gasteiger partial charge >= 0.3 is 0 Å². The monoisotopic (exact) mass is 346 g/mol. The van der Waals surface area contributed by atoms with Crippen LogP contribution in [0.15, 0.2) is 52.0 Å². The highest BCUT2D eigenvalue weighted by molar-refractivity contribution is 9.10. The predicted octanol–water partition coefficient (Wildman–Crippen LogP) is 4.36. The van der Waals surface area contributed by atoms with Crippen molar-refractivity contribution in [3.05, 3.63) is 47.1 Å². The highest BCUT2D eigenvalue weighted by Crippen LogP contribution is 2.28. The molecule has 3 nitrogen and oxygen atoms in total. The number of thiol groups is 1. The lowest BCUT2D eigenvalue weighted by Crippen LogP contribution is -1.90. The van der Waals surface area contributed by atoms with E-state index in [0.717, 1.165) is 37.4 Å². The number of benzene rings is 2. The highest BCUT2D eigenvalue weighted by atomic mass is 79.9. The summed E-state index contributed by atoms with van der Waals surface area (Å²) in [7, 11) is 1.63. The molecule has 3 aromatic rings. The van der Waals surface area contributed by atoms with E-state index >= 15 is 0 Å². The molecule has 5 heteroatoms. The van der Waals surface area contributed by atoms with Gasteiger partial charge in [0.05, 0.1) is 30.0 Å². The number of fused-ring (bicyclic) bond motifs is 1. The summed E-state index contributed by atoms with van der Waals surface area (Å²) < 4.78 is 6.19. The van der Waals surface area contributed by atoms with Gasteiger partial charge in [0.1, 0.15) is 5.75 Å². The molecule has 0 fully saturated rings. The van der Waals surface area contributed by atoms with E-state index in [2.05, 4.69) is 38.5 Å². The molecule has 1 aromatic heterocycles. The van der Waals surface area contributed by atoms with Crippen molar-refractivity contribution in [1.82, 2.24) is 9.97 Å². The van der Waals surface area contributed by atoms with Crippen LogP contribution >= 0.6 is 28.6 Å². The second-order valence-corrected chi connectivity index (χ2v) is 5.67. The summed E-state index contributed by atoms with van der Waals surface area (Å²) in [5.41, 5.74) is 3.50. The fourth-order valence-electron chi connectivity index (χ4n) is 1.97. The Balaban J connectivity index is 2.11. The maximum Gasteiger partial charge on any atom is 0.132 e. The lowest BCUT2D eigenvalue weighted by molar-refractivity contribution is 0.405. The van der Waals surface area contributed by atoms with Crippen LogP contribution < -0.4 is 4.74 Å². The van der Waals surface area contributed by atoms with E-state index in [4.69, 9.17) is 4.74 Å². The molecule has 0 N–H and O–H groups in total. The zero-order valence-corrected chi connectivity index (χ0v) is 13.1. The summed E-state index contributed by atoms with van der Waals surface area (Å²) in [6, 6.07) is 11.6. The number of halogens is 1. The van der Waals surface area contributed by atoms with Crippen molar-refractivity contribution in [3.63, 3.8) is 0 Å². The third-order valence-corrected chi connectivity index (χ3v) is 3.82. The Morgan fingerprint density at radius 3 is 2.70 bits per heavy atom. The van der Waals surface area contributed by atoms with Crippen LogP contribution in [-0.4, -0.2) is 17.1 Å². The Morgan fingerprint density at radius 2 is 1.95 bits per heavy atom. The molecular weight excluding hydrogens is 336 g/mol. The summed E-state index contributed by atoms with van der Waals surface area (Å²) in [6.07, 6.45) is 1.77. The van der Waals surface area contributed by atoms with E-state index in [0.29, 0.717) is 0 Å². The van der Waals surface area contributed by atoms with Crippen molar-refractivity contribution in [1.29, 1.82) is 0 Å². The number of rotatable bonds is 2. The average molecular weight is 347 g/mol. The third-order valence-electron chi connectivity index (χ3n) is 2.98. The topological polar surface area (TPSA) is 35.0 Å². The largest absolute Gasteiger partial charge is 0.496 e. The summed E-state index contributed by atoms with van der Waals surface area (Å²) in [4.78, 5) is 9.85. The average Bonchev–Trinajstić information content (AvgIpc) is 2.46. The molecule has 100 valence electrons. The lowest BCUT2D eigenvalue weighted by atomic mass is 10.1. The standard InChI is InChI=1S/C15H11BrN2OS/c1-19-14-5-2-9(6-15(14)20)13-8-17-11-4-3-10(16)7-12(11)18-13/h2-8,20H,1H3. The molecule has 2 aromatic carbocycles. The Bertz CT molecular complexity index is 792. The summed E-state index contributed by atoms with van der Waals surface area (Å²) >= 11 is 7.85. The second-order valence-electron chi connectivity index (χ2n) is 4.27. The number of ether oxygens (including phenoxy) is 1. The zero-order valence-electron chi connectivity index (χ0n) is 10.7. The fourth-order valence-corrected chi connectivity index (χ4v) is 2.63. The quantitative estimate of drug-likeness (QED) is 0.700. The Kier molecular flexibility index (Phi) is 3.63. The van der Waals surface area contributed by atoms with Gasteiger partial charge in [-0.05, 0) is 36.4 Å². The second kappa shape index (κ2) is 5.42. The van der Waals surface area contributed by atoms with Gasteiger partial charge in [0.2, 0.25) is 0 Å². The van der Waals surface area contributed by atoms with Gasteiger partial charge in [-0.3, -0.25) is 4.98 Å². The van der Waals surface area contributed by atoms with Crippen molar-refractivity contribution in [3.8, 4) is 17.0 Å². The van der Waals surface area contributed by atoms with Gasteiger partial charge in [-0.25, -0.2) is 4.98 Å². The molecule has 0 aliphatic heterocycles. The first-order valence-electron chi connectivity index (χ1n) is 5.97. The normalized spacial score (nSPS) is 10.8. The van der Waals surface area contributed by atoms with Crippen molar-refractivity contribution < 1.29 is 4.74 Å². The minimum Gasteiger partial charge on any atom is -0.496 e.